The summed E-state index contributed by atoms with van der Waals surface area (Å²) in [6, 6.07) is 5.55. The molecule has 9 nitrogen and oxygen atoms in total. The van der Waals surface area contributed by atoms with Crippen LogP contribution in [0.15, 0.2) is 36.9 Å². The lowest BCUT2D eigenvalue weighted by Gasteiger charge is -2.25. The number of aromatic nitrogens is 3. The number of hydrogen-bond donors (Lipinski definition) is 1. The lowest BCUT2D eigenvalue weighted by Crippen LogP contribution is -2.25. The number of carbonyl (C=O) groups is 1. The van der Waals surface area contributed by atoms with Crippen LogP contribution in [0.3, 0.4) is 0 Å². The Kier molecular flexibility index (Phi) is 4.01. The van der Waals surface area contributed by atoms with Gasteiger partial charge in [-0.25, -0.2) is 4.98 Å². The molecule has 29 heavy (non-hydrogen) atoms. The maximum absolute atomic E-state index is 12.6. The maximum Gasteiger partial charge on any atom is 0.231 e. The van der Waals surface area contributed by atoms with E-state index in [9.17, 15) is 4.79 Å². The molecule has 0 saturated carbocycles. The lowest BCUT2D eigenvalue weighted by atomic mass is 9.88. The average Bonchev–Trinajstić information content (AvgIpc) is 3.40. The van der Waals surface area contributed by atoms with E-state index in [0.717, 1.165) is 16.9 Å². The van der Waals surface area contributed by atoms with Gasteiger partial charge in [-0.2, -0.15) is 0 Å². The minimum atomic E-state index is -0.338. The Morgan fingerprint density at radius 1 is 1.24 bits per heavy atom. The molecule has 3 aromatic rings. The van der Waals surface area contributed by atoms with Crippen molar-refractivity contribution >= 4 is 11.7 Å². The smallest absolute Gasteiger partial charge is 0.231 e. The Morgan fingerprint density at radius 3 is 2.86 bits per heavy atom. The number of imidazole rings is 1. The number of ether oxygens (including phenoxy) is 4. The van der Waals surface area contributed by atoms with Gasteiger partial charge < -0.3 is 24.3 Å². The number of anilines is 1. The Bertz CT molecular complexity index is 1100. The molecule has 2 aliphatic heterocycles. The second-order valence-electron chi connectivity index (χ2n) is 6.63. The molecular formula is C20H18N4O5. The highest BCUT2D eigenvalue weighted by Crippen LogP contribution is 2.53. The topological polar surface area (TPSA) is 96.7 Å². The zero-order valence-electron chi connectivity index (χ0n) is 15.8. The molecular weight excluding hydrogens is 376 g/mol. The number of amides is 1. The number of methoxy groups -OCH3 is 2. The van der Waals surface area contributed by atoms with Gasteiger partial charge in [0.15, 0.2) is 11.5 Å². The molecule has 1 atom stereocenters. The summed E-state index contributed by atoms with van der Waals surface area (Å²) < 4.78 is 24.1. The van der Waals surface area contributed by atoms with Crippen LogP contribution in [0.5, 0.6) is 23.0 Å². The van der Waals surface area contributed by atoms with Gasteiger partial charge in [-0.3, -0.25) is 14.3 Å². The summed E-state index contributed by atoms with van der Waals surface area (Å²) in [6.07, 6.45) is 5.30. The van der Waals surface area contributed by atoms with Crippen molar-refractivity contribution in [2.45, 2.75) is 12.3 Å². The number of nitrogens with zero attached hydrogens (tertiary/aromatic N) is 3. The quantitative estimate of drug-likeness (QED) is 0.726. The zero-order valence-corrected chi connectivity index (χ0v) is 15.8. The van der Waals surface area contributed by atoms with Crippen LogP contribution in [-0.4, -0.2) is 41.5 Å². The zero-order chi connectivity index (χ0) is 20.0. The molecule has 5 rings (SSSR count). The van der Waals surface area contributed by atoms with E-state index >= 15 is 0 Å². The number of pyridine rings is 1. The molecule has 0 aliphatic carbocycles. The number of carbonyl (C=O) groups excluding carboxylic acids is 1. The maximum atomic E-state index is 12.6. The van der Waals surface area contributed by atoms with E-state index in [1.54, 1.807) is 32.9 Å². The molecule has 0 radical (unpaired) electrons. The normalized spacial score (nSPS) is 16.9. The number of hydrogen-bond acceptors (Lipinski definition) is 7. The average molecular weight is 394 g/mol. The van der Waals surface area contributed by atoms with Gasteiger partial charge in [0.2, 0.25) is 24.2 Å². The van der Waals surface area contributed by atoms with E-state index in [0.29, 0.717) is 28.8 Å². The Morgan fingerprint density at radius 2 is 2.10 bits per heavy atom. The van der Waals surface area contributed by atoms with E-state index in [4.69, 9.17) is 18.9 Å². The molecule has 1 amide bonds. The van der Waals surface area contributed by atoms with Crippen molar-refractivity contribution in [2.24, 2.45) is 0 Å². The minimum absolute atomic E-state index is 0.0809. The van der Waals surface area contributed by atoms with Crippen LogP contribution in [0.4, 0.5) is 5.82 Å². The number of rotatable bonds is 4. The molecule has 2 aromatic heterocycles. The fraction of sp³-hybridized carbons (Fsp3) is 0.250. The van der Waals surface area contributed by atoms with Crippen LogP contribution in [0.1, 0.15) is 23.6 Å². The monoisotopic (exact) mass is 394 g/mol. The van der Waals surface area contributed by atoms with E-state index in [1.165, 1.54) is 0 Å². The summed E-state index contributed by atoms with van der Waals surface area (Å²) in [7, 11) is 3.12. The molecule has 0 bridgehead atoms. The van der Waals surface area contributed by atoms with Crippen LogP contribution < -0.4 is 24.3 Å². The van der Waals surface area contributed by atoms with Crippen molar-refractivity contribution in [3.8, 4) is 28.7 Å². The third-order valence-corrected chi connectivity index (χ3v) is 5.09. The van der Waals surface area contributed by atoms with Crippen LogP contribution >= 0.6 is 0 Å². The first kappa shape index (κ1) is 17.4. The van der Waals surface area contributed by atoms with Crippen molar-refractivity contribution in [1.82, 2.24) is 14.5 Å². The third-order valence-electron chi connectivity index (χ3n) is 5.09. The van der Waals surface area contributed by atoms with Gasteiger partial charge in [0.05, 0.1) is 31.8 Å². The van der Waals surface area contributed by atoms with Gasteiger partial charge in [0.25, 0.3) is 0 Å². The summed E-state index contributed by atoms with van der Waals surface area (Å²) in [5.41, 5.74) is 2.28. The molecule has 1 aromatic carbocycles. The molecule has 0 spiro atoms. The van der Waals surface area contributed by atoms with Crippen molar-refractivity contribution in [1.29, 1.82) is 0 Å². The Hall–Kier alpha value is -3.75. The predicted octanol–water partition coefficient (Wildman–Crippen LogP) is 2.49. The summed E-state index contributed by atoms with van der Waals surface area (Å²) in [6.45, 7) is 0.0809. The van der Waals surface area contributed by atoms with E-state index < -0.39 is 0 Å². The third kappa shape index (κ3) is 2.65. The van der Waals surface area contributed by atoms with Crippen molar-refractivity contribution < 1.29 is 23.7 Å². The molecule has 1 N–H and O–H groups in total. The number of nitrogens with one attached hydrogen (secondary N) is 1. The van der Waals surface area contributed by atoms with Crippen LogP contribution in [-0.2, 0) is 4.79 Å². The molecule has 9 heteroatoms. The standard InChI is InChI=1S/C20H18N4O5/c1-26-14-6-13(17(27-2)19-18(14)28-10-29-19)12-7-15(25)23-20-16(12)22-9-24(20)11-4-3-5-21-8-11/h3-6,8-9,12H,7,10H2,1-2H3,(H,23,25)/t12-/m0/s1. The highest BCUT2D eigenvalue weighted by Gasteiger charge is 2.36. The van der Waals surface area contributed by atoms with Crippen molar-refractivity contribution in [3.05, 3.63) is 48.2 Å². The molecule has 148 valence electrons. The van der Waals surface area contributed by atoms with Gasteiger partial charge in [0.1, 0.15) is 12.1 Å². The van der Waals surface area contributed by atoms with E-state index in [2.05, 4.69) is 15.3 Å². The van der Waals surface area contributed by atoms with Gasteiger partial charge in [-0.15, -0.1) is 0 Å². The first-order valence-electron chi connectivity index (χ1n) is 9.03. The molecule has 0 unspecified atom stereocenters. The summed E-state index contributed by atoms with van der Waals surface area (Å²) in [4.78, 5) is 21.3. The Labute approximate surface area is 166 Å². The van der Waals surface area contributed by atoms with Gasteiger partial charge >= 0.3 is 0 Å². The molecule has 0 fully saturated rings. The van der Waals surface area contributed by atoms with Crippen LogP contribution in [0, 0.1) is 0 Å². The largest absolute Gasteiger partial charge is 0.493 e. The fourth-order valence-corrected chi connectivity index (χ4v) is 3.81. The second kappa shape index (κ2) is 6.69. The number of fused-ring (bicyclic) bond motifs is 2. The SMILES string of the molecule is COc1cc([C@@H]2CC(=O)Nc3c2ncn3-c2cccnc2)c(OC)c2c1OCO2. The summed E-state index contributed by atoms with van der Waals surface area (Å²) >= 11 is 0. The highest BCUT2D eigenvalue weighted by molar-refractivity contribution is 5.94. The highest BCUT2D eigenvalue weighted by atomic mass is 16.7. The summed E-state index contributed by atoms with van der Waals surface area (Å²) in [5.74, 6) is 2.16. The van der Waals surface area contributed by atoms with Crippen molar-refractivity contribution in [3.63, 3.8) is 0 Å². The fourth-order valence-electron chi connectivity index (χ4n) is 3.81. The van der Waals surface area contributed by atoms with Crippen LogP contribution in [0.25, 0.3) is 5.69 Å². The van der Waals surface area contributed by atoms with E-state index in [-0.39, 0.29) is 25.0 Å². The van der Waals surface area contributed by atoms with E-state index in [1.807, 2.05) is 22.8 Å². The van der Waals surface area contributed by atoms with Gasteiger partial charge in [-0.05, 0) is 18.2 Å². The first-order valence-corrected chi connectivity index (χ1v) is 9.03. The minimum Gasteiger partial charge on any atom is -0.493 e. The van der Waals surface area contributed by atoms with Gasteiger partial charge in [0, 0.05) is 24.1 Å². The molecule has 0 saturated heterocycles. The lowest BCUT2D eigenvalue weighted by molar-refractivity contribution is -0.116. The summed E-state index contributed by atoms with van der Waals surface area (Å²) in [5, 5.41) is 2.93. The Balaban J connectivity index is 1.68. The van der Waals surface area contributed by atoms with Crippen LogP contribution in [0.2, 0.25) is 0 Å². The molecule has 4 heterocycles. The first-order chi connectivity index (χ1) is 14.2. The molecule has 2 aliphatic rings. The van der Waals surface area contributed by atoms with Crippen molar-refractivity contribution in [2.75, 3.05) is 26.3 Å². The van der Waals surface area contributed by atoms with Gasteiger partial charge in [-0.1, -0.05) is 0 Å². The number of benzene rings is 1. The second-order valence-corrected chi connectivity index (χ2v) is 6.63. The predicted molar refractivity (Wildman–Crippen MR) is 102 cm³/mol.